The minimum atomic E-state index is 0.236. The van der Waals surface area contributed by atoms with Gasteiger partial charge in [-0.05, 0) is 30.5 Å². The van der Waals surface area contributed by atoms with E-state index in [1.807, 2.05) is 29.3 Å². The number of likely N-dealkylation sites (tertiary alicyclic amines) is 1. The molecular formula is C17H19N5O. The summed E-state index contributed by atoms with van der Waals surface area (Å²) in [5.41, 5.74) is 1.08. The molecule has 0 unspecified atom stereocenters. The fourth-order valence-corrected chi connectivity index (χ4v) is 3.73. The van der Waals surface area contributed by atoms with Crippen LogP contribution in [0, 0.1) is 0 Å². The minimum absolute atomic E-state index is 0.236. The Balaban J connectivity index is 1.56. The van der Waals surface area contributed by atoms with E-state index in [0.717, 1.165) is 30.9 Å². The first-order chi connectivity index (χ1) is 11.3. The molecule has 0 aromatic carbocycles. The van der Waals surface area contributed by atoms with E-state index in [1.54, 1.807) is 18.6 Å². The summed E-state index contributed by atoms with van der Waals surface area (Å²) in [4.78, 5) is 29.6. The molecule has 2 aliphatic rings. The summed E-state index contributed by atoms with van der Waals surface area (Å²) in [5.74, 6) is 1.02. The van der Waals surface area contributed by atoms with E-state index in [1.165, 1.54) is 0 Å². The molecule has 2 saturated heterocycles. The van der Waals surface area contributed by atoms with E-state index in [4.69, 9.17) is 0 Å². The average molecular weight is 309 g/mol. The van der Waals surface area contributed by atoms with Gasteiger partial charge >= 0.3 is 0 Å². The first kappa shape index (κ1) is 14.1. The van der Waals surface area contributed by atoms with Gasteiger partial charge in [-0.15, -0.1) is 0 Å². The molecule has 0 radical (unpaired) electrons. The molecule has 4 heterocycles. The highest BCUT2D eigenvalue weighted by atomic mass is 16.2. The van der Waals surface area contributed by atoms with Crippen molar-refractivity contribution < 1.29 is 4.79 Å². The SMILES string of the molecule is O=C1CC[C@@H]2[C@@H](CCN2c2ncccn2)N1Cc1cccnc1. The van der Waals surface area contributed by atoms with Gasteiger partial charge in [-0.1, -0.05) is 6.07 Å². The molecule has 2 aromatic rings. The number of carbonyl (C=O) groups excluding carboxylic acids is 1. The number of carbonyl (C=O) groups is 1. The molecule has 0 N–H and O–H groups in total. The lowest BCUT2D eigenvalue weighted by Crippen LogP contribution is -2.52. The number of rotatable bonds is 3. The van der Waals surface area contributed by atoms with Crippen LogP contribution >= 0.6 is 0 Å². The largest absolute Gasteiger partial charge is 0.336 e. The smallest absolute Gasteiger partial charge is 0.225 e. The van der Waals surface area contributed by atoms with Crippen LogP contribution in [-0.4, -0.2) is 44.4 Å². The van der Waals surface area contributed by atoms with E-state index in [-0.39, 0.29) is 11.9 Å². The fourth-order valence-electron chi connectivity index (χ4n) is 3.73. The van der Waals surface area contributed by atoms with Crippen molar-refractivity contribution in [1.29, 1.82) is 0 Å². The summed E-state index contributed by atoms with van der Waals surface area (Å²) in [5, 5.41) is 0. The third-order valence-electron chi connectivity index (χ3n) is 4.77. The third-order valence-corrected chi connectivity index (χ3v) is 4.77. The fraction of sp³-hybridized carbons (Fsp3) is 0.412. The number of nitrogens with zero attached hydrogens (tertiary/aromatic N) is 5. The maximum absolute atomic E-state index is 12.4. The van der Waals surface area contributed by atoms with E-state index < -0.39 is 0 Å². The Bertz CT molecular complexity index is 678. The van der Waals surface area contributed by atoms with Crippen LogP contribution in [0.3, 0.4) is 0 Å². The molecule has 0 aliphatic carbocycles. The lowest BCUT2D eigenvalue weighted by atomic mass is 9.96. The second kappa shape index (κ2) is 5.95. The van der Waals surface area contributed by atoms with Crippen molar-refractivity contribution >= 4 is 11.9 Å². The maximum atomic E-state index is 12.4. The number of hydrogen-bond donors (Lipinski definition) is 0. The van der Waals surface area contributed by atoms with Gasteiger partial charge in [-0.3, -0.25) is 9.78 Å². The van der Waals surface area contributed by atoms with Crippen molar-refractivity contribution in [3.63, 3.8) is 0 Å². The van der Waals surface area contributed by atoms with Crippen LogP contribution in [0.2, 0.25) is 0 Å². The molecular weight excluding hydrogens is 290 g/mol. The van der Waals surface area contributed by atoms with Crippen LogP contribution in [0.5, 0.6) is 0 Å². The van der Waals surface area contributed by atoms with E-state index in [2.05, 4.69) is 19.9 Å². The van der Waals surface area contributed by atoms with Gasteiger partial charge in [-0.25, -0.2) is 9.97 Å². The van der Waals surface area contributed by atoms with Gasteiger partial charge in [0.05, 0.1) is 12.1 Å². The normalized spacial score (nSPS) is 23.9. The number of aromatic nitrogens is 3. The molecule has 2 aromatic heterocycles. The van der Waals surface area contributed by atoms with E-state index in [0.29, 0.717) is 19.0 Å². The molecule has 0 spiro atoms. The van der Waals surface area contributed by atoms with E-state index in [9.17, 15) is 4.79 Å². The van der Waals surface area contributed by atoms with Gasteiger partial charge in [0.2, 0.25) is 11.9 Å². The summed E-state index contributed by atoms with van der Waals surface area (Å²) >= 11 is 0. The Kier molecular flexibility index (Phi) is 3.65. The van der Waals surface area contributed by atoms with Crippen molar-refractivity contribution in [2.24, 2.45) is 0 Å². The lowest BCUT2D eigenvalue weighted by molar-refractivity contribution is -0.137. The molecule has 118 valence electrons. The van der Waals surface area contributed by atoms with Crippen molar-refractivity contribution in [2.45, 2.75) is 37.9 Å². The molecule has 23 heavy (non-hydrogen) atoms. The molecule has 2 fully saturated rings. The quantitative estimate of drug-likeness (QED) is 0.862. The second-order valence-corrected chi connectivity index (χ2v) is 6.09. The highest BCUT2D eigenvalue weighted by Crippen LogP contribution is 2.34. The van der Waals surface area contributed by atoms with Crippen LogP contribution in [0.15, 0.2) is 43.0 Å². The maximum Gasteiger partial charge on any atom is 0.225 e. The zero-order valence-corrected chi connectivity index (χ0v) is 12.9. The number of amides is 1. The summed E-state index contributed by atoms with van der Waals surface area (Å²) in [6, 6.07) is 6.32. The highest BCUT2D eigenvalue weighted by Gasteiger charge is 2.43. The Labute approximate surface area is 135 Å². The Morgan fingerprint density at radius 1 is 1.09 bits per heavy atom. The topological polar surface area (TPSA) is 62.2 Å². The van der Waals surface area contributed by atoms with Crippen LogP contribution in [0.25, 0.3) is 0 Å². The number of pyridine rings is 1. The first-order valence-electron chi connectivity index (χ1n) is 8.05. The number of fused-ring (bicyclic) bond motifs is 1. The average Bonchev–Trinajstić information content (AvgIpc) is 3.03. The highest BCUT2D eigenvalue weighted by molar-refractivity contribution is 5.78. The molecule has 6 heteroatoms. The summed E-state index contributed by atoms with van der Waals surface area (Å²) < 4.78 is 0. The number of hydrogen-bond acceptors (Lipinski definition) is 5. The molecule has 2 atom stereocenters. The first-order valence-corrected chi connectivity index (χ1v) is 8.05. The van der Waals surface area contributed by atoms with Crippen molar-refractivity contribution in [3.8, 4) is 0 Å². The Morgan fingerprint density at radius 3 is 2.74 bits per heavy atom. The molecule has 6 nitrogen and oxygen atoms in total. The predicted molar refractivity (Wildman–Crippen MR) is 85.6 cm³/mol. The van der Waals surface area contributed by atoms with Gasteiger partial charge < -0.3 is 9.80 Å². The second-order valence-electron chi connectivity index (χ2n) is 6.09. The molecule has 1 amide bonds. The number of anilines is 1. The summed E-state index contributed by atoms with van der Waals surface area (Å²) in [6.45, 7) is 1.54. The Morgan fingerprint density at radius 2 is 1.96 bits per heavy atom. The minimum Gasteiger partial charge on any atom is -0.336 e. The van der Waals surface area contributed by atoms with Crippen LogP contribution in [0.4, 0.5) is 5.95 Å². The molecule has 4 rings (SSSR count). The molecule has 0 saturated carbocycles. The zero-order valence-electron chi connectivity index (χ0n) is 12.9. The van der Waals surface area contributed by atoms with Crippen LogP contribution < -0.4 is 4.90 Å². The molecule has 2 aliphatic heterocycles. The van der Waals surface area contributed by atoms with E-state index >= 15 is 0 Å². The van der Waals surface area contributed by atoms with Gasteiger partial charge in [0.15, 0.2) is 0 Å². The van der Waals surface area contributed by atoms with Crippen molar-refractivity contribution in [2.75, 3.05) is 11.4 Å². The van der Waals surface area contributed by atoms with Crippen LogP contribution in [-0.2, 0) is 11.3 Å². The summed E-state index contributed by atoms with van der Waals surface area (Å²) in [6.07, 6.45) is 9.58. The van der Waals surface area contributed by atoms with Crippen molar-refractivity contribution in [1.82, 2.24) is 19.9 Å². The van der Waals surface area contributed by atoms with Gasteiger partial charge in [0.25, 0.3) is 0 Å². The van der Waals surface area contributed by atoms with Gasteiger partial charge in [-0.2, -0.15) is 0 Å². The predicted octanol–water partition coefficient (Wildman–Crippen LogP) is 1.64. The molecule has 0 bridgehead atoms. The van der Waals surface area contributed by atoms with Gasteiger partial charge in [0.1, 0.15) is 0 Å². The third kappa shape index (κ3) is 2.65. The summed E-state index contributed by atoms with van der Waals surface area (Å²) in [7, 11) is 0. The lowest BCUT2D eigenvalue weighted by Gasteiger charge is -2.39. The van der Waals surface area contributed by atoms with Crippen molar-refractivity contribution in [3.05, 3.63) is 48.5 Å². The van der Waals surface area contributed by atoms with Crippen LogP contribution in [0.1, 0.15) is 24.8 Å². The monoisotopic (exact) mass is 309 g/mol. The Hall–Kier alpha value is -2.50. The van der Waals surface area contributed by atoms with Gasteiger partial charge in [0, 0.05) is 44.3 Å². The number of piperidine rings is 1. The standard InChI is InChI=1S/C17H19N5O/c23-16-5-4-14-15(22(16)12-13-3-1-7-18-11-13)6-10-21(14)17-19-8-2-9-20-17/h1-3,7-9,11,14-15H,4-6,10,12H2/t14-,15-/m1/s1. The zero-order chi connectivity index (χ0) is 15.6.